The highest BCUT2D eigenvalue weighted by Crippen LogP contribution is 2.12. The number of aromatic nitrogens is 2. The molecule has 1 atom stereocenters. The Balaban J connectivity index is 1.54. The fraction of sp³-hybridized carbons (Fsp3) is 0.571. The van der Waals surface area contributed by atoms with E-state index in [4.69, 9.17) is 0 Å². The van der Waals surface area contributed by atoms with Crippen molar-refractivity contribution in [2.24, 2.45) is 0 Å². The molecule has 0 radical (unpaired) electrons. The number of nitrogens with one attached hydrogen (secondary N) is 1. The first-order chi connectivity index (χ1) is 9.74. The summed E-state index contributed by atoms with van der Waals surface area (Å²) < 4.78 is 2.01. The number of nitrogens with zero attached hydrogens (tertiary/aromatic N) is 3. The van der Waals surface area contributed by atoms with Crippen LogP contribution in [0.25, 0.3) is 4.96 Å². The van der Waals surface area contributed by atoms with Crippen LogP contribution in [0.4, 0.5) is 0 Å². The molecule has 3 rings (SSSR count). The van der Waals surface area contributed by atoms with Crippen LogP contribution < -0.4 is 5.32 Å². The molecular weight excluding hydrogens is 272 g/mol. The number of piperidine rings is 1. The van der Waals surface area contributed by atoms with Crippen molar-refractivity contribution in [3.63, 3.8) is 0 Å². The summed E-state index contributed by atoms with van der Waals surface area (Å²) in [6.07, 6.45) is 7.53. The first-order valence-corrected chi connectivity index (χ1v) is 8.05. The molecule has 1 aliphatic heterocycles. The van der Waals surface area contributed by atoms with Gasteiger partial charge in [0.05, 0.1) is 11.7 Å². The molecule has 2 aromatic rings. The van der Waals surface area contributed by atoms with E-state index in [9.17, 15) is 4.79 Å². The van der Waals surface area contributed by atoms with E-state index < -0.39 is 0 Å². The fourth-order valence-electron chi connectivity index (χ4n) is 2.59. The minimum atomic E-state index is -0.146. The third-order valence-corrected chi connectivity index (χ3v) is 4.54. The van der Waals surface area contributed by atoms with Gasteiger partial charge < -0.3 is 10.2 Å². The van der Waals surface area contributed by atoms with Gasteiger partial charge in [0.1, 0.15) is 0 Å². The number of hydrogen-bond donors (Lipinski definition) is 1. The van der Waals surface area contributed by atoms with Gasteiger partial charge in [0.15, 0.2) is 4.96 Å². The molecule has 1 aliphatic rings. The number of hydrogen-bond acceptors (Lipinski definition) is 4. The maximum atomic E-state index is 12.3. The van der Waals surface area contributed by atoms with Gasteiger partial charge in [0, 0.05) is 37.4 Å². The van der Waals surface area contributed by atoms with Gasteiger partial charge in [-0.2, -0.15) is 0 Å². The molecule has 1 amide bonds. The average Bonchev–Trinajstić information content (AvgIpc) is 3.06. The molecule has 0 saturated carbocycles. The molecule has 0 aliphatic carbocycles. The maximum Gasteiger partial charge on any atom is 0.239 e. The van der Waals surface area contributed by atoms with Crippen LogP contribution in [0.5, 0.6) is 0 Å². The first-order valence-electron chi connectivity index (χ1n) is 7.17. The minimum absolute atomic E-state index is 0.146. The lowest BCUT2D eigenvalue weighted by molar-refractivity contribution is -0.133. The zero-order valence-electron chi connectivity index (χ0n) is 11.7. The smallest absolute Gasteiger partial charge is 0.239 e. The number of amides is 1. The fourth-order valence-corrected chi connectivity index (χ4v) is 3.31. The van der Waals surface area contributed by atoms with E-state index in [1.54, 1.807) is 11.3 Å². The van der Waals surface area contributed by atoms with Crippen molar-refractivity contribution in [2.45, 2.75) is 38.8 Å². The van der Waals surface area contributed by atoms with Gasteiger partial charge in [-0.05, 0) is 26.2 Å². The summed E-state index contributed by atoms with van der Waals surface area (Å²) in [7, 11) is 0. The summed E-state index contributed by atoms with van der Waals surface area (Å²) >= 11 is 1.62. The van der Waals surface area contributed by atoms with Crippen LogP contribution in [0.3, 0.4) is 0 Å². The van der Waals surface area contributed by atoms with Crippen molar-refractivity contribution in [2.75, 3.05) is 13.1 Å². The summed E-state index contributed by atoms with van der Waals surface area (Å²) in [5.74, 6) is 0.214. The second-order valence-corrected chi connectivity index (χ2v) is 6.19. The number of rotatable bonds is 4. The Morgan fingerprint density at radius 1 is 1.45 bits per heavy atom. The number of imidazole rings is 1. The molecule has 1 saturated heterocycles. The zero-order chi connectivity index (χ0) is 13.9. The van der Waals surface area contributed by atoms with Crippen molar-refractivity contribution in [3.8, 4) is 0 Å². The number of thiazole rings is 1. The van der Waals surface area contributed by atoms with Crippen LogP contribution in [0, 0.1) is 0 Å². The predicted octanol–water partition coefficient (Wildman–Crippen LogP) is 1.89. The average molecular weight is 292 g/mol. The number of fused-ring (bicyclic) bond motifs is 1. The van der Waals surface area contributed by atoms with Crippen LogP contribution in [0.1, 0.15) is 31.9 Å². The Kier molecular flexibility index (Phi) is 4.03. The Hall–Kier alpha value is -1.40. The quantitative estimate of drug-likeness (QED) is 0.936. The molecule has 1 N–H and O–H groups in total. The van der Waals surface area contributed by atoms with E-state index in [0.717, 1.165) is 36.6 Å². The number of carbonyl (C=O) groups is 1. The highest BCUT2D eigenvalue weighted by Gasteiger charge is 2.21. The van der Waals surface area contributed by atoms with Crippen LogP contribution in [0.2, 0.25) is 0 Å². The highest BCUT2D eigenvalue weighted by molar-refractivity contribution is 7.15. The molecule has 1 unspecified atom stereocenters. The molecule has 3 heterocycles. The molecule has 108 valence electrons. The van der Waals surface area contributed by atoms with Crippen molar-refractivity contribution < 1.29 is 4.79 Å². The molecule has 1 fully saturated rings. The lowest BCUT2D eigenvalue weighted by Gasteiger charge is -2.29. The van der Waals surface area contributed by atoms with Crippen molar-refractivity contribution in [1.29, 1.82) is 0 Å². The standard InChI is InChI=1S/C14H20N4OS/c1-11(13(19)17-5-3-2-4-6-17)15-9-12-10-18-7-8-20-14(18)16-12/h7-8,10-11,15H,2-6,9H2,1H3. The first kappa shape index (κ1) is 13.6. The van der Waals surface area contributed by atoms with Crippen LogP contribution in [-0.4, -0.2) is 39.3 Å². The van der Waals surface area contributed by atoms with E-state index in [-0.39, 0.29) is 11.9 Å². The summed E-state index contributed by atoms with van der Waals surface area (Å²) in [5, 5.41) is 5.30. The Labute approximate surface area is 122 Å². The van der Waals surface area contributed by atoms with Crippen LogP contribution >= 0.6 is 11.3 Å². The summed E-state index contributed by atoms with van der Waals surface area (Å²) in [5.41, 5.74) is 0.982. The Morgan fingerprint density at radius 3 is 3.00 bits per heavy atom. The van der Waals surface area contributed by atoms with E-state index in [1.165, 1.54) is 6.42 Å². The zero-order valence-corrected chi connectivity index (χ0v) is 12.5. The number of carbonyl (C=O) groups excluding carboxylic acids is 1. The van der Waals surface area contributed by atoms with Gasteiger partial charge in [-0.1, -0.05) is 0 Å². The van der Waals surface area contributed by atoms with E-state index >= 15 is 0 Å². The lowest BCUT2D eigenvalue weighted by Crippen LogP contribution is -2.46. The van der Waals surface area contributed by atoms with Crippen LogP contribution in [-0.2, 0) is 11.3 Å². The second-order valence-electron chi connectivity index (χ2n) is 5.31. The topological polar surface area (TPSA) is 49.6 Å². The maximum absolute atomic E-state index is 12.3. The molecule has 0 aromatic carbocycles. The van der Waals surface area contributed by atoms with Crippen molar-refractivity contribution in [1.82, 2.24) is 19.6 Å². The predicted molar refractivity (Wildman–Crippen MR) is 79.8 cm³/mol. The summed E-state index contributed by atoms with van der Waals surface area (Å²) in [6, 6.07) is -0.146. The normalized spacial score (nSPS) is 17.6. The van der Waals surface area contributed by atoms with Gasteiger partial charge in [-0.3, -0.25) is 9.20 Å². The molecule has 2 aromatic heterocycles. The van der Waals surface area contributed by atoms with Gasteiger partial charge in [-0.25, -0.2) is 4.98 Å². The molecule has 0 spiro atoms. The van der Waals surface area contributed by atoms with Crippen LogP contribution in [0.15, 0.2) is 17.8 Å². The molecule has 20 heavy (non-hydrogen) atoms. The van der Waals surface area contributed by atoms with E-state index in [1.807, 2.05) is 34.0 Å². The van der Waals surface area contributed by atoms with E-state index in [0.29, 0.717) is 6.54 Å². The lowest BCUT2D eigenvalue weighted by atomic mass is 10.1. The summed E-state index contributed by atoms with van der Waals surface area (Å²) in [6.45, 7) is 4.39. The van der Waals surface area contributed by atoms with Crippen molar-refractivity contribution in [3.05, 3.63) is 23.5 Å². The van der Waals surface area contributed by atoms with Gasteiger partial charge >= 0.3 is 0 Å². The molecular formula is C14H20N4OS. The largest absolute Gasteiger partial charge is 0.341 e. The summed E-state index contributed by atoms with van der Waals surface area (Å²) in [4.78, 5) is 19.8. The molecule has 0 bridgehead atoms. The second kappa shape index (κ2) is 5.93. The Bertz CT molecular complexity index is 556. The van der Waals surface area contributed by atoms with Gasteiger partial charge in [-0.15, -0.1) is 11.3 Å². The third kappa shape index (κ3) is 2.86. The Morgan fingerprint density at radius 2 is 2.25 bits per heavy atom. The van der Waals surface area contributed by atoms with Gasteiger partial charge in [0.25, 0.3) is 0 Å². The highest BCUT2D eigenvalue weighted by atomic mass is 32.1. The monoisotopic (exact) mass is 292 g/mol. The minimum Gasteiger partial charge on any atom is -0.341 e. The third-order valence-electron chi connectivity index (χ3n) is 3.77. The SMILES string of the molecule is CC(NCc1cn2ccsc2n1)C(=O)N1CCCCC1. The molecule has 5 nitrogen and oxygen atoms in total. The number of likely N-dealkylation sites (tertiary alicyclic amines) is 1. The van der Waals surface area contributed by atoms with Gasteiger partial charge in [0.2, 0.25) is 5.91 Å². The molecule has 6 heteroatoms. The van der Waals surface area contributed by atoms with E-state index in [2.05, 4.69) is 10.3 Å². The van der Waals surface area contributed by atoms with Crippen molar-refractivity contribution >= 4 is 22.2 Å².